The van der Waals surface area contributed by atoms with Crippen molar-refractivity contribution in [1.82, 2.24) is 25.1 Å². The number of aromatic nitrogens is 5. The number of nitrogens with zero attached hydrogens (tertiary/aromatic N) is 4. The van der Waals surface area contributed by atoms with Gasteiger partial charge >= 0.3 is 6.01 Å². The fourth-order valence-electron chi connectivity index (χ4n) is 3.55. The number of nitrogens with two attached hydrogens (primary N) is 2. The Kier molecular flexibility index (Phi) is 5.69. The molecular weight excluding hydrogens is 410 g/mol. The zero-order chi connectivity index (χ0) is 22.8. The fraction of sp³-hybridized carbons (Fsp3) is 0.227. The Morgan fingerprint density at radius 1 is 1.22 bits per heavy atom. The van der Waals surface area contributed by atoms with Gasteiger partial charge in [0.15, 0.2) is 5.69 Å². The van der Waals surface area contributed by atoms with Gasteiger partial charge in [0.2, 0.25) is 0 Å². The average Bonchev–Trinajstić information content (AvgIpc) is 3.23. The summed E-state index contributed by atoms with van der Waals surface area (Å²) < 4.78 is 10.8. The van der Waals surface area contributed by atoms with Crippen LogP contribution >= 0.6 is 0 Å². The van der Waals surface area contributed by atoms with Crippen LogP contribution in [-0.4, -0.2) is 50.9 Å². The molecule has 10 nitrogen and oxygen atoms in total. The lowest BCUT2D eigenvalue weighted by atomic mass is 9.94. The van der Waals surface area contributed by atoms with E-state index >= 15 is 0 Å². The Balaban J connectivity index is 1.89. The van der Waals surface area contributed by atoms with E-state index in [0.717, 1.165) is 22.0 Å². The molecule has 0 fully saturated rings. The molecule has 0 aliphatic heterocycles. The van der Waals surface area contributed by atoms with E-state index in [4.69, 9.17) is 20.9 Å². The van der Waals surface area contributed by atoms with E-state index < -0.39 is 5.91 Å². The highest BCUT2D eigenvalue weighted by Crippen LogP contribution is 2.37. The number of ether oxygens (including phenoxy) is 2. The molecule has 4 rings (SSSR count). The third-order valence-corrected chi connectivity index (χ3v) is 5.00. The van der Waals surface area contributed by atoms with Crippen molar-refractivity contribution in [1.29, 1.82) is 0 Å². The molecule has 4 aromatic rings. The third-order valence-electron chi connectivity index (χ3n) is 5.00. The topological polar surface area (TPSA) is 155 Å². The van der Waals surface area contributed by atoms with Gasteiger partial charge in [-0.15, -0.1) is 0 Å². The minimum absolute atomic E-state index is 0.0359. The van der Waals surface area contributed by atoms with Crippen molar-refractivity contribution in [3.05, 3.63) is 47.9 Å². The number of methoxy groups -OCH3 is 1. The van der Waals surface area contributed by atoms with Gasteiger partial charge < -0.3 is 20.9 Å². The molecule has 0 aliphatic carbocycles. The number of carbonyl (C=O) groups excluding carboxylic acids is 1. The van der Waals surface area contributed by atoms with Gasteiger partial charge in [-0.1, -0.05) is 6.07 Å². The van der Waals surface area contributed by atoms with Crippen LogP contribution < -0.4 is 16.2 Å². The Morgan fingerprint density at radius 2 is 2.03 bits per heavy atom. The molecule has 32 heavy (non-hydrogen) atoms. The zero-order valence-corrected chi connectivity index (χ0v) is 17.9. The van der Waals surface area contributed by atoms with Crippen molar-refractivity contribution >= 4 is 22.5 Å². The minimum atomic E-state index is -0.734. The van der Waals surface area contributed by atoms with Crippen molar-refractivity contribution in [2.75, 3.05) is 19.5 Å². The van der Waals surface area contributed by atoms with Crippen LogP contribution in [0, 0.1) is 6.92 Å². The van der Waals surface area contributed by atoms with Gasteiger partial charge in [0.25, 0.3) is 5.91 Å². The number of aryl methyl sites for hydroxylation is 1. The molecule has 0 aliphatic rings. The summed E-state index contributed by atoms with van der Waals surface area (Å²) >= 11 is 0. The van der Waals surface area contributed by atoms with Gasteiger partial charge in [-0.25, -0.2) is 9.97 Å². The number of aromatic amines is 1. The number of pyridine rings is 1. The van der Waals surface area contributed by atoms with Crippen molar-refractivity contribution in [2.24, 2.45) is 5.73 Å². The molecule has 0 saturated carbocycles. The summed E-state index contributed by atoms with van der Waals surface area (Å²) in [5.41, 5.74) is 16.2. The van der Waals surface area contributed by atoms with E-state index in [1.54, 1.807) is 31.6 Å². The van der Waals surface area contributed by atoms with Crippen molar-refractivity contribution in [3.8, 4) is 28.5 Å². The van der Waals surface area contributed by atoms with Crippen LogP contribution in [0.2, 0.25) is 0 Å². The lowest BCUT2D eigenvalue weighted by molar-refractivity contribution is 0.0856. The Labute approximate surface area is 184 Å². The highest BCUT2D eigenvalue weighted by atomic mass is 16.5. The van der Waals surface area contributed by atoms with Crippen molar-refractivity contribution < 1.29 is 14.3 Å². The molecule has 0 spiro atoms. The summed E-state index contributed by atoms with van der Waals surface area (Å²) in [6.07, 6.45) is 3.03. The van der Waals surface area contributed by atoms with E-state index in [0.29, 0.717) is 23.6 Å². The summed E-state index contributed by atoms with van der Waals surface area (Å²) in [7, 11) is 1.59. The summed E-state index contributed by atoms with van der Waals surface area (Å²) in [5.74, 6) is -0.734. The molecule has 0 bridgehead atoms. The number of primary amides is 1. The number of H-pyrrole nitrogens is 1. The van der Waals surface area contributed by atoms with Crippen LogP contribution in [0.1, 0.15) is 23.0 Å². The lowest BCUT2D eigenvalue weighted by Crippen LogP contribution is -2.19. The number of fused-ring (bicyclic) bond motifs is 1. The Morgan fingerprint density at radius 3 is 2.78 bits per heavy atom. The summed E-state index contributed by atoms with van der Waals surface area (Å²) in [6.45, 7) is 4.19. The number of hydrogen-bond donors (Lipinski definition) is 3. The standard InChI is InChI=1S/C22H23N7O3/c1-11-4-5-15-14(9-26-29-15)18(11)13-8-17(27-20(19(13)23)21(24)30)16-6-7-25-22(28-16)32-12(2)10-31-3/h4-9,12H,10,23H2,1-3H3,(H2,24,30)(H,26,29)/t12-/m0/s1. The summed E-state index contributed by atoms with van der Waals surface area (Å²) in [4.78, 5) is 25.1. The second kappa shape index (κ2) is 8.60. The van der Waals surface area contributed by atoms with Crippen LogP contribution in [0.5, 0.6) is 6.01 Å². The number of carbonyl (C=O) groups is 1. The average molecular weight is 433 g/mol. The SMILES string of the molecule is COC[C@H](C)Oc1nccc(-c2cc(-c3c(C)ccc4[nH]ncc34)c(N)c(C(N)=O)n2)n1. The number of anilines is 1. The maximum absolute atomic E-state index is 12.2. The van der Waals surface area contributed by atoms with Crippen molar-refractivity contribution in [2.45, 2.75) is 20.0 Å². The van der Waals surface area contributed by atoms with E-state index in [2.05, 4.69) is 25.1 Å². The summed E-state index contributed by atoms with van der Waals surface area (Å²) in [6, 6.07) is 7.51. The van der Waals surface area contributed by atoms with Crippen LogP contribution in [0.3, 0.4) is 0 Å². The Hall–Kier alpha value is -4.05. The number of amides is 1. The number of nitrogen functional groups attached to an aromatic ring is 1. The Bertz CT molecular complexity index is 1300. The molecule has 3 heterocycles. The van der Waals surface area contributed by atoms with Gasteiger partial charge in [-0.2, -0.15) is 10.1 Å². The van der Waals surface area contributed by atoms with Crippen LogP contribution in [0.15, 0.2) is 36.7 Å². The molecule has 164 valence electrons. The second-order valence-corrected chi connectivity index (χ2v) is 7.38. The largest absolute Gasteiger partial charge is 0.458 e. The quantitative estimate of drug-likeness (QED) is 0.401. The van der Waals surface area contributed by atoms with E-state index in [1.165, 1.54) is 0 Å². The smallest absolute Gasteiger partial charge is 0.317 e. The van der Waals surface area contributed by atoms with Gasteiger partial charge in [0.1, 0.15) is 6.10 Å². The summed E-state index contributed by atoms with van der Waals surface area (Å²) in [5, 5.41) is 7.95. The predicted molar refractivity (Wildman–Crippen MR) is 120 cm³/mol. The van der Waals surface area contributed by atoms with Gasteiger partial charge in [-0.3, -0.25) is 9.89 Å². The highest BCUT2D eigenvalue weighted by molar-refractivity contribution is 6.05. The molecular formula is C22H23N7O3. The van der Waals surface area contributed by atoms with Crippen LogP contribution in [0.25, 0.3) is 33.4 Å². The maximum atomic E-state index is 12.2. The van der Waals surface area contributed by atoms with E-state index in [1.807, 2.05) is 26.0 Å². The molecule has 0 radical (unpaired) electrons. The monoisotopic (exact) mass is 433 g/mol. The number of benzene rings is 1. The number of rotatable bonds is 7. The van der Waals surface area contributed by atoms with E-state index in [9.17, 15) is 4.79 Å². The first-order chi connectivity index (χ1) is 15.4. The predicted octanol–water partition coefficient (Wildman–Crippen LogP) is 2.49. The first-order valence-electron chi connectivity index (χ1n) is 9.91. The van der Waals surface area contributed by atoms with Crippen LogP contribution in [0.4, 0.5) is 5.69 Å². The maximum Gasteiger partial charge on any atom is 0.317 e. The van der Waals surface area contributed by atoms with Crippen LogP contribution in [-0.2, 0) is 4.74 Å². The number of nitrogens with one attached hydrogen (secondary N) is 1. The molecule has 0 unspecified atom stereocenters. The van der Waals surface area contributed by atoms with Gasteiger partial charge in [0, 0.05) is 24.3 Å². The molecule has 3 aromatic heterocycles. The lowest BCUT2D eigenvalue weighted by Gasteiger charge is -2.15. The highest BCUT2D eigenvalue weighted by Gasteiger charge is 2.20. The first-order valence-corrected chi connectivity index (χ1v) is 9.91. The van der Waals surface area contributed by atoms with Gasteiger partial charge in [0.05, 0.1) is 35.4 Å². The van der Waals surface area contributed by atoms with E-state index in [-0.39, 0.29) is 23.5 Å². The third kappa shape index (κ3) is 3.95. The fourth-order valence-corrected chi connectivity index (χ4v) is 3.55. The normalized spacial score (nSPS) is 12.1. The molecule has 10 heteroatoms. The molecule has 1 atom stereocenters. The zero-order valence-electron chi connectivity index (χ0n) is 17.9. The first kappa shape index (κ1) is 21.2. The second-order valence-electron chi connectivity index (χ2n) is 7.38. The number of hydrogen-bond acceptors (Lipinski definition) is 8. The molecule has 1 amide bonds. The van der Waals surface area contributed by atoms with Gasteiger partial charge in [-0.05, 0) is 43.2 Å². The molecule has 0 saturated heterocycles. The minimum Gasteiger partial charge on any atom is -0.458 e. The van der Waals surface area contributed by atoms with Crippen molar-refractivity contribution in [3.63, 3.8) is 0 Å². The molecule has 5 N–H and O–H groups in total. The molecule has 1 aromatic carbocycles.